The van der Waals surface area contributed by atoms with Crippen LogP contribution in [-0.2, 0) is 13.5 Å². The van der Waals surface area contributed by atoms with E-state index in [-0.39, 0.29) is 11.8 Å². The summed E-state index contributed by atoms with van der Waals surface area (Å²) in [7, 11) is 1.76. The number of carbonyl (C=O) groups excluding carboxylic acids is 2. The molecule has 2 amide bonds. The molecule has 0 atom stereocenters. The molecule has 1 aliphatic heterocycles. The molecular formula is C25H25Cl2N7O2. The Kier molecular flexibility index (Phi) is 6.68. The second-order valence-electron chi connectivity index (χ2n) is 8.87. The molecule has 1 fully saturated rings. The molecule has 3 aromatic heterocycles. The van der Waals surface area contributed by atoms with E-state index in [9.17, 15) is 9.59 Å². The molecule has 9 nitrogen and oxygen atoms in total. The highest BCUT2D eigenvalue weighted by Crippen LogP contribution is 2.31. The molecule has 1 aliphatic rings. The highest BCUT2D eigenvalue weighted by molar-refractivity contribution is 6.34. The van der Waals surface area contributed by atoms with E-state index >= 15 is 0 Å². The van der Waals surface area contributed by atoms with Gasteiger partial charge in [-0.3, -0.25) is 18.7 Å². The molecule has 0 bridgehead atoms. The van der Waals surface area contributed by atoms with E-state index in [1.807, 2.05) is 36.1 Å². The lowest BCUT2D eigenvalue weighted by Crippen LogP contribution is -2.38. The van der Waals surface area contributed by atoms with Crippen LogP contribution in [0.25, 0.3) is 5.65 Å². The number of nitrogens with one attached hydrogen (secondary N) is 1. The van der Waals surface area contributed by atoms with Crippen LogP contribution in [0.15, 0.2) is 42.9 Å². The zero-order valence-corrected chi connectivity index (χ0v) is 21.4. The largest absolute Gasteiger partial charge is 0.337 e. The quantitative estimate of drug-likeness (QED) is 0.410. The average molecular weight is 526 g/mol. The smallest absolute Gasteiger partial charge is 0.273 e. The van der Waals surface area contributed by atoms with Crippen LogP contribution >= 0.6 is 23.2 Å². The Labute approximate surface area is 218 Å². The van der Waals surface area contributed by atoms with Crippen LogP contribution in [0, 0.1) is 0 Å². The minimum absolute atomic E-state index is 0.0732. The lowest BCUT2D eigenvalue weighted by atomic mass is 9.89. The van der Waals surface area contributed by atoms with Crippen LogP contribution in [0.5, 0.6) is 0 Å². The van der Waals surface area contributed by atoms with Gasteiger partial charge in [-0.2, -0.15) is 5.10 Å². The van der Waals surface area contributed by atoms with Gasteiger partial charge in [0.2, 0.25) is 0 Å². The number of hydrogen-bond acceptors (Lipinski definition) is 5. The Morgan fingerprint density at radius 2 is 1.86 bits per heavy atom. The molecule has 186 valence electrons. The number of likely N-dealkylation sites (tertiary alicyclic amines) is 1. The van der Waals surface area contributed by atoms with Crippen molar-refractivity contribution in [2.45, 2.75) is 32.1 Å². The Morgan fingerprint density at radius 3 is 2.53 bits per heavy atom. The van der Waals surface area contributed by atoms with Crippen molar-refractivity contribution in [2.75, 3.05) is 18.4 Å². The number of carbonyl (C=O) groups is 2. The van der Waals surface area contributed by atoms with Gasteiger partial charge in [0, 0.05) is 32.0 Å². The number of fused-ring (bicyclic) bond motifs is 1. The van der Waals surface area contributed by atoms with Crippen molar-refractivity contribution in [3.8, 4) is 0 Å². The first-order chi connectivity index (χ1) is 17.4. The maximum atomic E-state index is 13.1. The van der Waals surface area contributed by atoms with Crippen LogP contribution in [-0.4, -0.2) is 54.2 Å². The summed E-state index contributed by atoms with van der Waals surface area (Å²) in [6.45, 7) is 3.27. The fourth-order valence-electron chi connectivity index (χ4n) is 4.64. The topological polar surface area (TPSA) is 97.4 Å². The van der Waals surface area contributed by atoms with Gasteiger partial charge in [0.05, 0.1) is 21.3 Å². The Hall–Kier alpha value is -3.43. The zero-order chi connectivity index (χ0) is 25.4. The first kappa shape index (κ1) is 24.3. The number of benzene rings is 1. The van der Waals surface area contributed by atoms with Crippen molar-refractivity contribution in [3.63, 3.8) is 0 Å². The number of hydrogen-bond donors (Lipinski definition) is 1. The molecule has 1 saturated heterocycles. The molecule has 0 aliphatic carbocycles. The molecule has 0 radical (unpaired) electrons. The van der Waals surface area contributed by atoms with E-state index in [1.165, 1.54) is 11.9 Å². The summed E-state index contributed by atoms with van der Waals surface area (Å²) in [5.74, 6) is -0.00919. The van der Waals surface area contributed by atoms with Gasteiger partial charge in [-0.15, -0.1) is 10.2 Å². The van der Waals surface area contributed by atoms with Crippen molar-refractivity contribution in [3.05, 3.63) is 75.4 Å². The van der Waals surface area contributed by atoms with E-state index < -0.39 is 0 Å². The number of aromatic nitrogens is 5. The summed E-state index contributed by atoms with van der Waals surface area (Å²) < 4.78 is 3.20. The van der Waals surface area contributed by atoms with Gasteiger partial charge in [-0.25, -0.2) is 0 Å². The number of amides is 2. The molecule has 11 heteroatoms. The third kappa shape index (κ3) is 4.56. The molecule has 0 spiro atoms. The van der Waals surface area contributed by atoms with Gasteiger partial charge >= 0.3 is 0 Å². The Balaban J connectivity index is 1.20. The lowest BCUT2D eigenvalue weighted by Gasteiger charge is -2.32. The number of aryl methyl sites for hydroxylation is 2. The number of nitrogens with zero attached hydrogens (tertiary/aromatic N) is 6. The van der Waals surface area contributed by atoms with Crippen molar-refractivity contribution in [1.29, 1.82) is 0 Å². The number of halogens is 2. The molecule has 4 aromatic rings. The van der Waals surface area contributed by atoms with Gasteiger partial charge < -0.3 is 10.2 Å². The summed E-state index contributed by atoms with van der Waals surface area (Å²) >= 11 is 12.6. The first-order valence-electron chi connectivity index (χ1n) is 11.8. The van der Waals surface area contributed by atoms with E-state index in [1.54, 1.807) is 28.4 Å². The van der Waals surface area contributed by atoms with E-state index in [2.05, 4.69) is 20.6 Å². The monoisotopic (exact) mass is 525 g/mol. The molecular weight excluding hydrogens is 501 g/mol. The summed E-state index contributed by atoms with van der Waals surface area (Å²) in [6, 6.07) is 9.42. The number of anilines is 1. The van der Waals surface area contributed by atoms with Gasteiger partial charge in [0.1, 0.15) is 12.0 Å². The SMILES string of the molecule is CCc1nn(C)c(C(=O)N2CCC(c3ccc(NC(=O)c4cc(Cl)c5nncn5c4)cc3)CC2)c1Cl. The maximum Gasteiger partial charge on any atom is 0.273 e. The van der Waals surface area contributed by atoms with Crippen molar-refractivity contribution in [1.82, 2.24) is 29.3 Å². The molecule has 5 rings (SSSR count). The third-order valence-electron chi connectivity index (χ3n) is 6.62. The van der Waals surface area contributed by atoms with Crippen LogP contribution < -0.4 is 5.32 Å². The van der Waals surface area contributed by atoms with E-state index in [0.29, 0.717) is 58.1 Å². The van der Waals surface area contributed by atoms with E-state index in [4.69, 9.17) is 23.2 Å². The second-order valence-corrected chi connectivity index (χ2v) is 9.65. The van der Waals surface area contributed by atoms with Gasteiger partial charge in [-0.05, 0) is 48.9 Å². The fraction of sp³-hybridized carbons (Fsp3) is 0.320. The van der Waals surface area contributed by atoms with Crippen molar-refractivity contribution < 1.29 is 9.59 Å². The average Bonchev–Trinajstić information content (AvgIpc) is 3.48. The van der Waals surface area contributed by atoms with Gasteiger partial charge in [0.25, 0.3) is 11.8 Å². The highest BCUT2D eigenvalue weighted by Gasteiger charge is 2.29. The lowest BCUT2D eigenvalue weighted by molar-refractivity contribution is 0.0702. The molecule has 0 unspecified atom stereocenters. The Morgan fingerprint density at radius 1 is 1.14 bits per heavy atom. The van der Waals surface area contributed by atoms with Crippen LogP contribution in [0.4, 0.5) is 5.69 Å². The highest BCUT2D eigenvalue weighted by atomic mass is 35.5. The van der Waals surface area contributed by atoms with Crippen LogP contribution in [0.2, 0.25) is 10.0 Å². The Bertz CT molecular complexity index is 1440. The number of pyridine rings is 1. The van der Waals surface area contributed by atoms with Crippen molar-refractivity contribution in [2.24, 2.45) is 7.05 Å². The zero-order valence-electron chi connectivity index (χ0n) is 19.9. The summed E-state index contributed by atoms with van der Waals surface area (Å²) in [5, 5.41) is 15.8. The van der Waals surface area contributed by atoms with Crippen molar-refractivity contribution >= 4 is 46.4 Å². The number of rotatable bonds is 5. The predicted octanol–water partition coefficient (Wildman–Crippen LogP) is 4.60. The maximum absolute atomic E-state index is 13.1. The van der Waals surface area contributed by atoms with Gasteiger partial charge in [-0.1, -0.05) is 42.3 Å². The number of piperidine rings is 1. The molecule has 0 saturated carbocycles. The second kappa shape index (κ2) is 9.91. The predicted molar refractivity (Wildman–Crippen MR) is 138 cm³/mol. The van der Waals surface area contributed by atoms with E-state index in [0.717, 1.165) is 18.5 Å². The molecule has 1 N–H and O–H groups in total. The van der Waals surface area contributed by atoms with Gasteiger partial charge in [0.15, 0.2) is 5.65 Å². The third-order valence-corrected chi connectivity index (χ3v) is 7.30. The standard InChI is InChI=1S/C25H25Cl2N7O2/c1-3-20-21(27)22(32(2)31-20)25(36)33-10-8-16(9-11-33)15-4-6-18(7-5-15)29-24(35)17-12-19(26)23-30-28-14-34(23)13-17/h4-7,12-14,16H,3,8-11H2,1-2H3,(H,29,35). The summed E-state index contributed by atoms with van der Waals surface area (Å²) in [6.07, 6.45) is 5.53. The van der Waals surface area contributed by atoms with Crippen LogP contribution in [0.3, 0.4) is 0 Å². The summed E-state index contributed by atoms with van der Waals surface area (Å²) in [5.41, 5.74) is 3.98. The first-order valence-corrected chi connectivity index (χ1v) is 12.5. The normalized spacial score (nSPS) is 14.4. The fourth-order valence-corrected chi connectivity index (χ4v) is 5.27. The molecule has 1 aromatic carbocycles. The summed E-state index contributed by atoms with van der Waals surface area (Å²) in [4.78, 5) is 27.7. The molecule has 36 heavy (non-hydrogen) atoms. The molecule has 4 heterocycles. The minimum atomic E-state index is -0.271. The minimum Gasteiger partial charge on any atom is -0.337 e. The van der Waals surface area contributed by atoms with Crippen LogP contribution in [0.1, 0.15) is 57.8 Å².